The molecule has 0 amide bonds. The molecular formula is C16H19N5OS. The van der Waals surface area contributed by atoms with Crippen molar-refractivity contribution < 1.29 is 4.21 Å². The summed E-state index contributed by atoms with van der Waals surface area (Å²) in [5.41, 5.74) is 3.30. The Morgan fingerprint density at radius 2 is 2.35 bits per heavy atom. The van der Waals surface area contributed by atoms with Crippen molar-refractivity contribution in [2.24, 2.45) is 7.05 Å². The van der Waals surface area contributed by atoms with Crippen molar-refractivity contribution in [3.63, 3.8) is 0 Å². The van der Waals surface area contributed by atoms with Gasteiger partial charge in [0.05, 0.1) is 6.20 Å². The van der Waals surface area contributed by atoms with Crippen LogP contribution in [0.1, 0.15) is 17.2 Å². The Labute approximate surface area is 137 Å². The van der Waals surface area contributed by atoms with Gasteiger partial charge in [0.2, 0.25) is 0 Å². The predicted octanol–water partition coefficient (Wildman–Crippen LogP) is 1.60. The highest BCUT2D eigenvalue weighted by Crippen LogP contribution is 2.28. The lowest BCUT2D eigenvalue weighted by atomic mass is 10.1. The fraction of sp³-hybridized carbons (Fsp3) is 0.375. The summed E-state index contributed by atoms with van der Waals surface area (Å²) in [6.45, 7) is 1.66. The van der Waals surface area contributed by atoms with Crippen molar-refractivity contribution in [3.05, 3.63) is 48.0 Å². The Kier molecular flexibility index (Phi) is 3.74. The van der Waals surface area contributed by atoms with Crippen LogP contribution in [0.25, 0.3) is 11.0 Å². The van der Waals surface area contributed by atoms with Gasteiger partial charge in [-0.15, -0.1) is 0 Å². The Balaban J connectivity index is 1.65. The third-order valence-electron chi connectivity index (χ3n) is 4.42. The van der Waals surface area contributed by atoms with E-state index < -0.39 is 10.8 Å². The van der Waals surface area contributed by atoms with Crippen LogP contribution in [0.4, 0.5) is 0 Å². The number of rotatable bonds is 3. The number of aryl methyl sites for hydroxylation is 1. The maximum atomic E-state index is 12.1. The maximum absolute atomic E-state index is 12.1. The maximum Gasteiger partial charge on any atom is 0.137 e. The van der Waals surface area contributed by atoms with Crippen molar-refractivity contribution in [2.45, 2.75) is 12.6 Å². The van der Waals surface area contributed by atoms with E-state index in [2.05, 4.69) is 32.1 Å². The summed E-state index contributed by atoms with van der Waals surface area (Å²) in [6, 6.07) is 4.29. The quantitative estimate of drug-likeness (QED) is 0.793. The van der Waals surface area contributed by atoms with Crippen LogP contribution in [0.3, 0.4) is 0 Å². The van der Waals surface area contributed by atoms with E-state index in [1.54, 1.807) is 0 Å². The van der Waals surface area contributed by atoms with E-state index in [9.17, 15) is 4.21 Å². The smallest absolute Gasteiger partial charge is 0.137 e. The third-order valence-corrected chi connectivity index (χ3v) is 5.75. The average molecular weight is 329 g/mol. The number of hydrogen-bond donors (Lipinski definition) is 1. The second-order valence-corrected chi connectivity index (χ2v) is 7.58. The van der Waals surface area contributed by atoms with Gasteiger partial charge in [0, 0.05) is 78.0 Å². The van der Waals surface area contributed by atoms with Crippen LogP contribution < -0.4 is 0 Å². The highest BCUT2D eigenvalue weighted by molar-refractivity contribution is 7.85. The molecule has 1 aliphatic heterocycles. The van der Waals surface area contributed by atoms with Gasteiger partial charge in [0.25, 0.3) is 0 Å². The van der Waals surface area contributed by atoms with Gasteiger partial charge in [-0.3, -0.25) is 13.8 Å². The molecule has 6 nitrogen and oxygen atoms in total. The Hall–Kier alpha value is -1.99. The molecule has 0 saturated carbocycles. The van der Waals surface area contributed by atoms with E-state index >= 15 is 0 Å². The molecule has 120 valence electrons. The molecule has 2 atom stereocenters. The zero-order valence-electron chi connectivity index (χ0n) is 13.0. The van der Waals surface area contributed by atoms with Crippen LogP contribution in [-0.4, -0.2) is 46.9 Å². The molecular weight excluding hydrogens is 310 g/mol. The molecule has 0 radical (unpaired) electrons. The van der Waals surface area contributed by atoms with Gasteiger partial charge in [0.1, 0.15) is 5.65 Å². The van der Waals surface area contributed by atoms with Gasteiger partial charge in [-0.1, -0.05) is 0 Å². The lowest BCUT2D eigenvalue weighted by molar-refractivity contribution is 0.210. The second kappa shape index (κ2) is 5.90. The number of pyridine rings is 1. The standard InChI is InChI=1S/C16H19N5OS/c1-20-9-13(8-19-20)15-11-23(22)7-6-21(15)10-12-2-4-17-16-14(12)3-5-18-16/h2-5,8-9,15H,6-7,10-11H2,1H3,(H,17,18). The first-order valence-corrected chi connectivity index (χ1v) is 9.18. The number of hydrogen-bond acceptors (Lipinski definition) is 4. The van der Waals surface area contributed by atoms with Gasteiger partial charge in [0.15, 0.2) is 0 Å². The number of fused-ring (bicyclic) bond motifs is 1. The number of nitrogens with one attached hydrogen (secondary N) is 1. The van der Waals surface area contributed by atoms with Crippen LogP contribution in [0.15, 0.2) is 36.9 Å². The highest BCUT2D eigenvalue weighted by Gasteiger charge is 2.29. The zero-order valence-corrected chi connectivity index (χ0v) is 13.8. The minimum Gasteiger partial charge on any atom is -0.346 e. The van der Waals surface area contributed by atoms with Gasteiger partial charge >= 0.3 is 0 Å². The van der Waals surface area contributed by atoms with Crippen LogP contribution in [0.5, 0.6) is 0 Å². The highest BCUT2D eigenvalue weighted by atomic mass is 32.2. The van der Waals surface area contributed by atoms with Crippen LogP contribution in [0, 0.1) is 0 Å². The molecule has 4 rings (SSSR count). The summed E-state index contributed by atoms with van der Waals surface area (Å²) in [5.74, 6) is 1.41. The Bertz CT molecular complexity index is 855. The predicted molar refractivity (Wildman–Crippen MR) is 90.3 cm³/mol. The summed E-state index contributed by atoms with van der Waals surface area (Å²) < 4.78 is 13.9. The van der Waals surface area contributed by atoms with Crippen LogP contribution in [-0.2, 0) is 24.4 Å². The first-order chi connectivity index (χ1) is 11.2. The normalized spacial score (nSPS) is 22.7. The van der Waals surface area contributed by atoms with Crippen molar-refractivity contribution in [2.75, 3.05) is 18.1 Å². The largest absolute Gasteiger partial charge is 0.346 e. The summed E-state index contributed by atoms with van der Waals surface area (Å²) in [4.78, 5) is 9.91. The number of aromatic amines is 1. The molecule has 3 aromatic rings. The second-order valence-electron chi connectivity index (χ2n) is 5.95. The summed E-state index contributed by atoms with van der Waals surface area (Å²) in [7, 11) is 1.16. The lowest BCUT2D eigenvalue weighted by Crippen LogP contribution is -2.40. The van der Waals surface area contributed by atoms with E-state index in [1.807, 2.05) is 36.5 Å². The van der Waals surface area contributed by atoms with E-state index in [4.69, 9.17) is 0 Å². The van der Waals surface area contributed by atoms with E-state index in [0.29, 0.717) is 5.75 Å². The van der Waals surface area contributed by atoms with Gasteiger partial charge in [-0.05, 0) is 17.7 Å². The van der Waals surface area contributed by atoms with Gasteiger partial charge < -0.3 is 4.98 Å². The molecule has 3 aromatic heterocycles. The van der Waals surface area contributed by atoms with Crippen LogP contribution >= 0.6 is 0 Å². The number of H-pyrrole nitrogens is 1. The number of nitrogens with zero attached hydrogens (tertiary/aromatic N) is 4. The first kappa shape index (κ1) is 14.6. The molecule has 1 saturated heterocycles. The van der Waals surface area contributed by atoms with Crippen molar-refractivity contribution in [1.82, 2.24) is 24.6 Å². The molecule has 0 aliphatic carbocycles. The number of aromatic nitrogens is 4. The Morgan fingerprint density at radius 1 is 1.43 bits per heavy atom. The van der Waals surface area contributed by atoms with Crippen molar-refractivity contribution in [1.29, 1.82) is 0 Å². The summed E-state index contributed by atoms with van der Waals surface area (Å²) >= 11 is 0. The molecule has 23 heavy (non-hydrogen) atoms. The van der Waals surface area contributed by atoms with Gasteiger partial charge in [-0.25, -0.2) is 4.98 Å². The molecule has 4 heterocycles. The topological polar surface area (TPSA) is 66.8 Å². The molecule has 1 aliphatic rings. The molecule has 1 N–H and O–H groups in total. The van der Waals surface area contributed by atoms with Crippen molar-refractivity contribution >= 4 is 21.8 Å². The molecule has 2 unspecified atom stereocenters. The Morgan fingerprint density at radius 3 is 3.17 bits per heavy atom. The minimum absolute atomic E-state index is 0.153. The molecule has 0 spiro atoms. The fourth-order valence-electron chi connectivity index (χ4n) is 3.22. The van der Waals surface area contributed by atoms with Gasteiger partial charge in [-0.2, -0.15) is 5.10 Å². The zero-order chi connectivity index (χ0) is 15.8. The fourth-order valence-corrected chi connectivity index (χ4v) is 4.58. The van der Waals surface area contributed by atoms with E-state index in [1.165, 1.54) is 5.56 Å². The minimum atomic E-state index is -0.757. The average Bonchev–Trinajstić information content (AvgIpc) is 3.18. The van der Waals surface area contributed by atoms with E-state index in [-0.39, 0.29) is 6.04 Å². The van der Waals surface area contributed by atoms with E-state index in [0.717, 1.165) is 35.4 Å². The summed E-state index contributed by atoms with van der Waals surface area (Å²) in [6.07, 6.45) is 7.68. The molecule has 0 aromatic carbocycles. The third kappa shape index (κ3) is 2.82. The van der Waals surface area contributed by atoms with Crippen molar-refractivity contribution in [3.8, 4) is 0 Å². The van der Waals surface area contributed by atoms with Crippen LogP contribution in [0.2, 0.25) is 0 Å². The summed E-state index contributed by atoms with van der Waals surface area (Å²) in [5, 5.41) is 5.43. The first-order valence-electron chi connectivity index (χ1n) is 7.69. The molecule has 0 bridgehead atoms. The molecule has 7 heteroatoms. The molecule has 1 fully saturated rings. The monoisotopic (exact) mass is 329 g/mol. The lowest BCUT2D eigenvalue weighted by Gasteiger charge is -2.34. The SMILES string of the molecule is Cn1cc(C2CS(=O)CCN2Cc2ccnc3[nH]ccc23)cn1.